The van der Waals surface area contributed by atoms with Gasteiger partial charge in [0.15, 0.2) is 0 Å². The van der Waals surface area contributed by atoms with E-state index in [4.69, 9.17) is 5.73 Å². The Kier molecular flexibility index (Phi) is 1.74. The van der Waals surface area contributed by atoms with Crippen molar-refractivity contribution in [3.63, 3.8) is 0 Å². The highest BCUT2D eigenvalue weighted by molar-refractivity contribution is 7.12. The van der Waals surface area contributed by atoms with E-state index in [-0.39, 0.29) is 0 Å². The van der Waals surface area contributed by atoms with Gasteiger partial charge in [-0.3, -0.25) is 0 Å². The molecule has 2 heteroatoms. The fourth-order valence-corrected chi connectivity index (χ4v) is 4.14. The minimum atomic E-state index is 0.731. The van der Waals surface area contributed by atoms with Crippen LogP contribution in [0.5, 0.6) is 0 Å². The highest BCUT2D eigenvalue weighted by atomic mass is 32.1. The van der Waals surface area contributed by atoms with Gasteiger partial charge in [0.25, 0.3) is 0 Å². The Labute approximate surface area is 83.0 Å². The minimum Gasteiger partial charge on any atom is -0.326 e. The van der Waals surface area contributed by atoms with Crippen molar-refractivity contribution < 1.29 is 0 Å². The van der Waals surface area contributed by atoms with E-state index in [9.17, 15) is 0 Å². The molecule has 1 heterocycles. The quantitative estimate of drug-likeness (QED) is 0.729. The van der Waals surface area contributed by atoms with Crippen molar-refractivity contribution >= 4 is 11.3 Å². The van der Waals surface area contributed by atoms with E-state index in [1.54, 1.807) is 10.4 Å². The van der Waals surface area contributed by atoms with E-state index in [2.05, 4.69) is 6.07 Å². The van der Waals surface area contributed by atoms with Gasteiger partial charge < -0.3 is 5.73 Å². The molecule has 0 saturated heterocycles. The highest BCUT2D eigenvalue weighted by Gasteiger charge is 2.34. The van der Waals surface area contributed by atoms with Crippen LogP contribution < -0.4 is 5.73 Å². The molecule has 1 aromatic rings. The van der Waals surface area contributed by atoms with Gasteiger partial charge in [-0.05, 0) is 49.1 Å². The molecular weight excluding hydrogens is 178 g/mol. The van der Waals surface area contributed by atoms with Gasteiger partial charge in [0, 0.05) is 16.3 Å². The van der Waals surface area contributed by atoms with E-state index < -0.39 is 0 Å². The van der Waals surface area contributed by atoms with Crippen LogP contribution in [-0.2, 0) is 13.0 Å². The van der Waals surface area contributed by atoms with Gasteiger partial charge >= 0.3 is 0 Å². The van der Waals surface area contributed by atoms with E-state index in [0.717, 1.165) is 18.4 Å². The smallest absolute Gasteiger partial charge is 0.0273 e. The summed E-state index contributed by atoms with van der Waals surface area (Å²) in [6.07, 6.45) is 5.69. The Morgan fingerprint density at radius 3 is 3.23 bits per heavy atom. The van der Waals surface area contributed by atoms with Crippen LogP contribution in [0.25, 0.3) is 0 Å². The minimum absolute atomic E-state index is 0.731. The molecule has 2 N–H and O–H groups in total. The molecule has 0 amide bonds. The van der Waals surface area contributed by atoms with Crippen molar-refractivity contribution in [1.29, 1.82) is 0 Å². The Morgan fingerprint density at radius 1 is 1.46 bits per heavy atom. The van der Waals surface area contributed by atoms with Crippen LogP contribution in [0.2, 0.25) is 0 Å². The molecule has 2 aliphatic carbocycles. The zero-order chi connectivity index (χ0) is 8.84. The van der Waals surface area contributed by atoms with E-state index in [1.807, 2.05) is 11.3 Å². The molecule has 1 fully saturated rings. The largest absolute Gasteiger partial charge is 0.326 e. The van der Waals surface area contributed by atoms with Gasteiger partial charge in [0.05, 0.1) is 0 Å². The van der Waals surface area contributed by atoms with Gasteiger partial charge in [-0.15, -0.1) is 11.3 Å². The first-order valence-corrected chi connectivity index (χ1v) is 6.00. The van der Waals surface area contributed by atoms with Crippen molar-refractivity contribution in [2.24, 2.45) is 11.7 Å². The lowest BCUT2D eigenvalue weighted by atomic mass is 9.89. The van der Waals surface area contributed by atoms with Crippen molar-refractivity contribution in [2.45, 2.75) is 38.1 Å². The van der Waals surface area contributed by atoms with Crippen LogP contribution in [0.1, 0.15) is 40.5 Å². The van der Waals surface area contributed by atoms with Crippen LogP contribution >= 0.6 is 11.3 Å². The summed E-state index contributed by atoms with van der Waals surface area (Å²) in [5.41, 5.74) is 7.30. The van der Waals surface area contributed by atoms with Crippen molar-refractivity contribution in [1.82, 2.24) is 0 Å². The standard InChI is InChI=1S/C11H15NS/c12-6-10-5-9-4-7-1-2-8(3-7)11(9)13-10/h5,7-8H,1-4,6,12H2. The van der Waals surface area contributed by atoms with Gasteiger partial charge in [-0.1, -0.05) is 0 Å². The maximum Gasteiger partial charge on any atom is 0.0273 e. The average Bonchev–Trinajstić information content (AvgIpc) is 2.71. The molecule has 2 atom stereocenters. The molecule has 1 nitrogen and oxygen atoms in total. The number of hydrogen-bond donors (Lipinski definition) is 1. The molecule has 0 aromatic carbocycles. The first-order chi connectivity index (χ1) is 6.36. The Hall–Kier alpha value is -0.340. The summed E-state index contributed by atoms with van der Waals surface area (Å²) in [6, 6.07) is 2.35. The zero-order valence-corrected chi connectivity index (χ0v) is 8.57. The highest BCUT2D eigenvalue weighted by Crippen LogP contribution is 2.48. The summed E-state index contributed by atoms with van der Waals surface area (Å²) >= 11 is 1.97. The fraction of sp³-hybridized carbons (Fsp3) is 0.636. The molecule has 2 bridgehead atoms. The van der Waals surface area contributed by atoms with Crippen LogP contribution in [0.15, 0.2) is 6.07 Å². The van der Waals surface area contributed by atoms with Crippen molar-refractivity contribution in [3.05, 3.63) is 21.4 Å². The van der Waals surface area contributed by atoms with Crippen LogP contribution in [0.4, 0.5) is 0 Å². The fourth-order valence-electron chi connectivity index (χ4n) is 2.92. The Morgan fingerprint density at radius 2 is 2.38 bits per heavy atom. The molecule has 70 valence electrons. The summed E-state index contributed by atoms with van der Waals surface area (Å²) in [5, 5.41) is 0. The lowest BCUT2D eigenvalue weighted by Gasteiger charge is -2.18. The molecule has 3 rings (SSSR count). The second kappa shape index (κ2) is 2.82. The topological polar surface area (TPSA) is 26.0 Å². The summed E-state index contributed by atoms with van der Waals surface area (Å²) in [5.74, 6) is 1.90. The second-order valence-corrected chi connectivity index (χ2v) is 5.55. The zero-order valence-electron chi connectivity index (χ0n) is 7.75. The monoisotopic (exact) mass is 193 g/mol. The summed E-state index contributed by atoms with van der Waals surface area (Å²) in [6.45, 7) is 0.731. The third kappa shape index (κ3) is 1.16. The van der Waals surface area contributed by atoms with Gasteiger partial charge in [-0.2, -0.15) is 0 Å². The predicted molar refractivity (Wildman–Crippen MR) is 56.0 cm³/mol. The average molecular weight is 193 g/mol. The maximum atomic E-state index is 5.67. The first kappa shape index (κ1) is 8.01. The maximum absolute atomic E-state index is 5.67. The number of nitrogens with two attached hydrogens (primary N) is 1. The summed E-state index contributed by atoms with van der Waals surface area (Å²) in [4.78, 5) is 3.06. The predicted octanol–water partition coefficient (Wildman–Crippen LogP) is 2.65. The number of rotatable bonds is 1. The molecule has 0 aliphatic heterocycles. The van der Waals surface area contributed by atoms with Gasteiger partial charge in [0.1, 0.15) is 0 Å². The SMILES string of the molecule is NCc1cc2c(s1)C1CCC(C2)C1. The number of hydrogen-bond acceptors (Lipinski definition) is 2. The van der Waals surface area contributed by atoms with Crippen molar-refractivity contribution in [2.75, 3.05) is 0 Å². The van der Waals surface area contributed by atoms with Gasteiger partial charge in [0.2, 0.25) is 0 Å². The van der Waals surface area contributed by atoms with Crippen LogP contribution in [-0.4, -0.2) is 0 Å². The molecular formula is C11H15NS. The number of fused-ring (bicyclic) bond motifs is 4. The lowest BCUT2D eigenvalue weighted by Crippen LogP contribution is -2.06. The lowest BCUT2D eigenvalue weighted by molar-refractivity contribution is 0.515. The normalized spacial score (nSPS) is 30.5. The molecule has 1 saturated carbocycles. The van der Waals surface area contributed by atoms with Crippen LogP contribution in [0.3, 0.4) is 0 Å². The van der Waals surface area contributed by atoms with Crippen molar-refractivity contribution in [3.8, 4) is 0 Å². The summed E-state index contributed by atoms with van der Waals surface area (Å²) in [7, 11) is 0. The third-order valence-electron chi connectivity index (χ3n) is 3.51. The molecule has 0 spiro atoms. The third-order valence-corrected chi connectivity index (χ3v) is 4.88. The van der Waals surface area contributed by atoms with E-state index in [0.29, 0.717) is 0 Å². The molecule has 0 radical (unpaired) electrons. The molecule has 1 aromatic heterocycles. The molecule has 2 unspecified atom stereocenters. The molecule has 2 aliphatic rings. The van der Waals surface area contributed by atoms with E-state index >= 15 is 0 Å². The second-order valence-electron chi connectivity index (χ2n) is 4.39. The van der Waals surface area contributed by atoms with Gasteiger partial charge in [-0.25, -0.2) is 0 Å². The van der Waals surface area contributed by atoms with E-state index in [1.165, 1.54) is 30.6 Å². The molecule has 13 heavy (non-hydrogen) atoms. The number of thiophene rings is 1. The summed E-state index contributed by atoms with van der Waals surface area (Å²) < 4.78 is 0. The Balaban J connectivity index is 2.04. The van der Waals surface area contributed by atoms with Crippen LogP contribution in [0, 0.1) is 5.92 Å². The first-order valence-electron chi connectivity index (χ1n) is 5.18. The Bertz CT molecular complexity index is 329.